The molecule has 0 aliphatic heterocycles. The van der Waals surface area contributed by atoms with Crippen LogP contribution in [0.15, 0.2) is 23.4 Å². The smallest absolute Gasteiger partial charge is 0.173 e. The summed E-state index contributed by atoms with van der Waals surface area (Å²) in [4.78, 5) is 0. The minimum Gasteiger partial charge on any atom is -0.496 e. The van der Waals surface area contributed by atoms with Crippen molar-refractivity contribution < 1.29 is 19.4 Å². The van der Waals surface area contributed by atoms with Gasteiger partial charge >= 0.3 is 0 Å². The average molecular weight is 296 g/mol. The Morgan fingerprint density at radius 2 is 2.00 bits per heavy atom. The first-order valence-corrected chi connectivity index (χ1v) is 6.88. The minimum atomic E-state index is 0.0152. The summed E-state index contributed by atoms with van der Waals surface area (Å²) < 4.78 is 16.2. The van der Waals surface area contributed by atoms with E-state index in [-0.39, 0.29) is 5.84 Å². The number of methoxy groups -OCH3 is 1. The van der Waals surface area contributed by atoms with Crippen molar-refractivity contribution in [2.24, 2.45) is 16.8 Å². The number of nitrogens with two attached hydrogens (primary N) is 1. The summed E-state index contributed by atoms with van der Waals surface area (Å²) in [5.41, 5.74) is 7.07. The Bertz CT molecular complexity index is 461. The number of ether oxygens (including phenoxy) is 3. The summed E-state index contributed by atoms with van der Waals surface area (Å²) >= 11 is 0. The normalized spacial score (nSPS) is 11.9. The van der Waals surface area contributed by atoms with Crippen LogP contribution in [-0.2, 0) is 16.1 Å². The molecule has 0 saturated carbocycles. The van der Waals surface area contributed by atoms with Gasteiger partial charge in [-0.1, -0.05) is 25.1 Å². The van der Waals surface area contributed by atoms with Crippen molar-refractivity contribution in [3.8, 4) is 5.75 Å². The maximum absolute atomic E-state index is 8.71. The predicted molar refractivity (Wildman–Crippen MR) is 80.8 cm³/mol. The van der Waals surface area contributed by atoms with E-state index >= 15 is 0 Å². The zero-order chi connectivity index (χ0) is 15.7. The third-order valence-corrected chi connectivity index (χ3v) is 2.74. The second-order valence-corrected chi connectivity index (χ2v) is 5.04. The SMILES string of the molecule is COc1cc(COCCOCC(C)C)ccc1/C(N)=N/O. The van der Waals surface area contributed by atoms with Gasteiger partial charge in [0.05, 0.1) is 32.5 Å². The highest BCUT2D eigenvalue weighted by Crippen LogP contribution is 2.20. The van der Waals surface area contributed by atoms with Crippen LogP contribution in [0.4, 0.5) is 0 Å². The second kappa shape index (κ2) is 9.20. The van der Waals surface area contributed by atoms with Crippen LogP contribution in [0.1, 0.15) is 25.0 Å². The standard InChI is InChI=1S/C15H24N2O4/c1-11(2)9-20-6-7-21-10-12-4-5-13(15(16)17-18)14(8-12)19-3/h4-5,8,11,18H,6-7,9-10H2,1-3H3,(H2,16,17). The monoisotopic (exact) mass is 296 g/mol. The van der Waals surface area contributed by atoms with Crippen LogP contribution in [0, 0.1) is 5.92 Å². The quantitative estimate of drug-likeness (QED) is 0.239. The van der Waals surface area contributed by atoms with Gasteiger partial charge in [-0.2, -0.15) is 0 Å². The molecule has 6 heteroatoms. The van der Waals surface area contributed by atoms with Crippen molar-refractivity contribution in [3.63, 3.8) is 0 Å². The minimum absolute atomic E-state index is 0.0152. The van der Waals surface area contributed by atoms with Gasteiger partial charge in [0.1, 0.15) is 5.75 Å². The summed E-state index contributed by atoms with van der Waals surface area (Å²) in [6, 6.07) is 5.40. The molecule has 0 heterocycles. The van der Waals surface area contributed by atoms with Crippen LogP contribution in [-0.4, -0.2) is 38.0 Å². The number of nitrogens with zero attached hydrogens (tertiary/aromatic N) is 1. The predicted octanol–water partition coefficient (Wildman–Crippen LogP) is 1.98. The highest BCUT2D eigenvalue weighted by atomic mass is 16.5. The first kappa shape index (κ1) is 17.3. The van der Waals surface area contributed by atoms with Crippen LogP contribution >= 0.6 is 0 Å². The lowest BCUT2D eigenvalue weighted by Gasteiger charge is -2.11. The van der Waals surface area contributed by atoms with Gasteiger partial charge in [0.15, 0.2) is 5.84 Å². The molecule has 0 fully saturated rings. The van der Waals surface area contributed by atoms with Crippen molar-refractivity contribution in [2.45, 2.75) is 20.5 Å². The fraction of sp³-hybridized carbons (Fsp3) is 0.533. The van der Waals surface area contributed by atoms with Crippen molar-refractivity contribution in [2.75, 3.05) is 26.9 Å². The Hall–Kier alpha value is -1.79. The fourth-order valence-corrected chi connectivity index (χ4v) is 1.72. The Labute approximate surface area is 125 Å². The number of amidine groups is 1. The third-order valence-electron chi connectivity index (χ3n) is 2.74. The van der Waals surface area contributed by atoms with Gasteiger partial charge < -0.3 is 25.2 Å². The van der Waals surface area contributed by atoms with Gasteiger partial charge in [0.2, 0.25) is 0 Å². The van der Waals surface area contributed by atoms with Gasteiger partial charge in [-0.3, -0.25) is 0 Å². The number of oxime groups is 1. The van der Waals surface area contributed by atoms with Gasteiger partial charge in [0, 0.05) is 6.61 Å². The number of benzene rings is 1. The molecule has 1 aromatic rings. The summed E-state index contributed by atoms with van der Waals surface area (Å²) in [7, 11) is 1.54. The van der Waals surface area contributed by atoms with Crippen molar-refractivity contribution in [1.29, 1.82) is 0 Å². The van der Waals surface area contributed by atoms with Crippen LogP contribution < -0.4 is 10.5 Å². The van der Waals surface area contributed by atoms with Crippen LogP contribution in [0.2, 0.25) is 0 Å². The van der Waals surface area contributed by atoms with Gasteiger partial charge in [-0.25, -0.2) is 0 Å². The third kappa shape index (κ3) is 6.01. The zero-order valence-corrected chi connectivity index (χ0v) is 12.8. The molecule has 1 aromatic carbocycles. The molecule has 0 atom stereocenters. The summed E-state index contributed by atoms with van der Waals surface area (Å²) in [5.74, 6) is 1.09. The summed E-state index contributed by atoms with van der Waals surface area (Å²) in [5, 5.41) is 11.7. The Morgan fingerprint density at radius 1 is 1.29 bits per heavy atom. The van der Waals surface area contributed by atoms with E-state index in [4.69, 9.17) is 25.2 Å². The molecule has 21 heavy (non-hydrogen) atoms. The van der Waals surface area contributed by atoms with E-state index in [0.717, 1.165) is 12.2 Å². The molecule has 0 aromatic heterocycles. The van der Waals surface area contributed by atoms with Crippen LogP contribution in [0.3, 0.4) is 0 Å². The molecule has 0 amide bonds. The highest BCUT2D eigenvalue weighted by molar-refractivity contribution is 5.99. The average Bonchev–Trinajstić information content (AvgIpc) is 2.49. The van der Waals surface area contributed by atoms with E-state index in [2.05, 4.69) is 19.0 Å². The first-order valence-electron chi connectivity index (χ1n) is 6.88. The maximum atomic E-state index is 8.71. The van der Waals surface area contributed by atoms with Crippen molar-refractivity contribution in [1.82, 2.24) is 0 Å². The molecule has 0 bridgehead atoms. The maximum Gasteiger partial charge on any atom is 0.173 e. The Kier molecular flexibility index (Phi) is 7.56. The molecule has 0 saturated heterocycles. The van der Waals surface area contributed by atoms with Crippen molar-refractivity contribution >= 4 is 5.84 Å². The molecule has 1 rings (SSSR count). The highest BCUT2D eigenvalue weighted by Gasteiger charge is 2.08. The van der Waals surface area contributed by atoms with E-state index in [1.165, 1.54) is 7.11 Å². The number of hydrogen-bond donors (Lipinski definition) is 2. The lowest BCUT2D eigenvalue weighted by Crippen LogP contribution is -2.14. The molecule has 118 valence electrons. The van der Waals surface area contributed by atoms with Crippen LogP contribution in [0.25, 0.3) is 0 Å². The fourth-order valence-electron chi connectivity index (χ4n) is 1.72. The molecule has 0 radical (unpaired) electrons. The summed E-state index contributed by atoms with van der Waals surface area (Å²) in [6.45, 7) is 6.53. The Balaban J connectivity index is 2.46. The number of rotatable bonds is 9. The molecular formula is C15H24N2O4. The lowest BCUT2D eigenvalue weighted by molar-refractivity contribution is 0.0314. The molecule has 0 aliphatic carbocycles. The number of hydrogen-bond acceptors (Lipinski definition) is 5. The molecule has 3 N–H and O–H groups in total. The first-order chi connectivity index (χ1) is 10.1. The van der Waals surface area contributed by atoms with E-state index in [1.54, 1.807) is 6.07 Å². The van der Waals surface area contributed by atoms with Gasteiger partial charge in [0.25, 0.3) is 0 Å². The molecule has 6 nitrogen and oxygen atoms in total. The van der Waals surface area contributed by atoms with Crippen LogP contribution in [0.5, 0.6) is 5.75 Å². The van der Waals surface area contributed by atoms with E-state index < -0.39 is 0 Å². The van der Waals surface area contributed by atoms with Gasteiger partial charge in [-0.05, 0) is 23.6 Å². The topological polar surface area (TPSA) is 86.3 Å². The lowest BCUT2D eigenvalue weighted by atomic mass is 10.1. The van der Waals surface area contributed by atoms with E-state index in [0.29, 0.717) is 37.1 Å². The molecule has 0 spiro atoms. The molecule has 0 unspecified atom stereocenters. The van der Waals surface area contributed by atoms with E-state index in [1.807, 2.05) is 12.1 Å². The zero-order valence-electron chi connectivity index (χ0n) is 12.8. The largest absolute Gasteiger partial charge is 0.496 e. The van der Waals surface area contributed by atoms with E-state index in [9.17, 15) is 0 Å². The second-order valence-electron chi connectivity index (χ2n) is 5.04. The van der Waals surface area contributed by atoms with Gasteiger partial charge in [-0.15, -0.1) is 0 Å². The molecule has 0 aliphatic rings. The molecular weight excluding hydrogens is 272 g/mol. The Morgan fingerprint density at radius 3 is 2.62 bits per heavy atom. The summed E-state index contributed by atoms with van der Waals surface area (Å²) in [6.07, 6.45) is 0. The van der Waals surface area contributed by atoms with Crippen molar-refractivity contribution in [3.05, 3.63) is 29.3 Å².